The van der Waals surface area contributed by atoms with Gasteiger partial charge < -0.3 is 13.5 Å². The van der Waals surface area contributed by atoms with Gasteiger partial charge in [0.15, 0.2) is 11.6 Å². The standard InChI is InChI=1S/5C4H7N3.3C4H6N2O.3C4H6N2S.5C2H6.CH4/c2*1-4-5-3-7(2)6-4;1-4-3-5-7(2)6-4;2*1-3-5-4(2)7-6-3;1-3-5-6-4(2)7-3;2*1-3-5-4(2)7-6-3;1-3-5-6-4(2)7-3;2*1-3-5-4(2)7-6-3;5*1-2;/h3*3H,1-2H3;2*1-2H3,(H,5,6,7);6*1-2H3;5*1-2H3;1H4. The number of H-pyrrole nitrogens is 2. The number of rotatable bonds is 0. The Hall–Kier alpha value is -8.20. The minimum absolute atomic E-state index is 0. The van der Waals surface area contributed by atoms with E-state index >= 15 is 0 Å². The zero-order valence-corrected chi connectivity index (χ0v) is 60.3. The van der Waals surface area contributed by atoms with E-state index in [0.29, 0.717) is 35.2 Å². The van der Waals surface area contributed by atoms with Crippen LogP contribution in [-0.2, 0) is 21.1 Å². The Balaban J connectivity index is -0.000000207. The molecule has 0 saturated carbocycles. The summed E-state index contributed by atoms with van der Waals surface area (Å²) < 4.78 is 25.3. The summed E-state index contributed by atoms with van der Waals surface area (Å²) in [5.74, 6) is 10.6. The second-order valence-corrected chi connectivity index (χ2v) is 18.8. The second-order valence-electron chi connectivity index (χ2n) is 15.5. The molecule has 11 aromatic heterocycles. The molecule has 0 saturated heterocycles. The van der Waals surface area contributed by atoms with Crippen LogP contribution in [0.5, 0.6) is 0 Å². The van der Waals surface area contributed by atoms with E-state index in [1.165, 1.54) is 27.9 Å². The molecule has 11 heterocycles. The van der Waals surface area contributed by atoms with E-state index in [2.05, 4.69) is 129 Å². The summed E-state index contributed by atoms with van der Waals surface area (Å²) in [5.41, 5.74) is 0.961. The van der Waals surface area contributed by atoms with Crippen LogP contribution in [0.4, 0.5) is 0 Å². The first-order chi connectivity index (χ1) is 41.2. The second kappa shape index (κ2) is 57.9. The summed E-state index contributed by atoms with van der Waals surface area (Å²) in [6.45, 7) is 55.3. The molecule has 0 aliphatic rings. The number of nitrogens with zero attached hydrogens (tertiary/aromatic N) is 25. The van der Waals surface area contributed by atoms with Crippen LogP contribution in [0.15, 0.2) is 32.3 Å². The first-order valence-corrected chi connectivity index (χ1v) is 30.3. The number of aryl methyl sites for hydroxylation is 22. The number of aromatic nitrogens is 27. The quantitative estimate of drug-likeness (QED) is 0.142. The van der Waals surface area contributed by atoms with E-state index in [4.69, 9.17) is 4.42 Å². The highest BCUT2D eigenvalue weighted by Crippen LogP contribution is 2.04. The molecule has 0 aromatic carbocycles. The summed E-state index contributed by atoms with van der Waals surface area (Å²) >= 11 is 4.51. The zero-order valence-electron chi connectivity index (χ0n) is 57.9. The molecule has 496 valence electrons. The van der Waals surface area contributed by atoms with Crippen LogP contribution in [0.3, 0.4) is 0 Å². The maximum Gasteiger partial charge on any atom is 0.223 e. The van der Waals surface area contributed by atoms with Gasteiger partial charge in [0.2, 0.25) is 23.6 Å². The van der Waals surface area contributed by atoms with Gasteiger partial charge in [-0.3, -0.25) is 19.6 Å². The maximum atomic E-state index is 4.86. The Labute approximate surface area is 535 Å². The fourth-order valence-electron chi connectivity index (χ4n) is 4.64. The van der Waals surface area contributed by atoms with Crippen molar-refractivity contribution < 1.29 is 13.5 Å². The predicted octanol–water partition coefficient (Wildman–Crippen LogP) is 12.5. The van der Waals surface area contributed by atoms with E-state index in [1.54, 1.807) is 88.1 Å². The van der Waals surface area contributed by atoms with E-state index < -0.39 is 0 Å². The molecule has 0 aliphatic heterocycles. The Morgan fingerprint density at radius 3 is 0.818 bits per heavy atom. The number of aromatic amines is 2. The Morgan fingerprint density at radius 2 is 0.739 bits per heavy atom. The van der Waals surface area contributed by atoms with Crippen molar-refractivity contribution in [2.45, 2.75) is 208 Å². The Kier molecular flexibility index (Phi) is 59.8. The van der Waals surface area contributed by atoms with Crippen molar-refractivity contribution in [2.75, 3.05) is 0 Å². The lowest BCUT2D eigenvalue weighted by atomic mass is 10.6. The molecule has 2 N–H and O–H groups in total. The van der Waals surface area contributed by atoms with Crippen molar-refractivity contribution in [3.05, 3.63) is 126 Å². The Bertz CT molecular complexity index is 2300. The lowest BCUT2D eigenvalue weighted by Crippen LogP contribution is -1.90. The van der Waals surface area contributed by atoms with Crippen LogP contribution in [-0.4, -0.2) is 134 Å². The van der Waals surface area contributed by atoms with E-state index in [9.17, 15) is 0 Å². The molecule has 0 unspecified atom stereocenters. The highest BCUT2D eigenvalue weighted by atomic mass is 32.1. The number of hydrogen-bond acceptors (Lipinski definition) is 28. The molecule has 30 nitrogen and oxygen atoms in total. The first kappa shape index (κ1) is 91.0. The van der Waals surface area contributed by atoms with Gasteiger partial charge in [0, 0.05) is 48.8 Å². The van der Waals surface area contributed by atoms with Crippen molar-refractivity contribution in [3.8, 4) is 0 Å². The third kappa shape index (κ3) is 55.7. The monoisotopic (exact) mass is 1290 g/mol. The van der Waals surface area contributed by atoms with E-state index in [-0.39, 0.29) is 7.43 Å². The van der Waals surface area contributed by atoms with E-state index in [1.807, 2.05) is 173 Å². The van der Waals surface area contributed by atoms with Crippen LogP contribution in [0.1, 0.15) is 184 Å². The molecular weight excluding hydrogens is 1180 g/mol. The number of hydrogen-bond donors (Lipinski definition) is 2. The van der Waals surface area contributed by atoms with Crippen molar-refractivity contribution in [3.63, 3.8) is 0 Å². The average Bonchev–Trinajstić information content (AvgIpc) is 4.34. The summed E-state index contributed by atoms with van der Waals surface area (Å²) in [6.07, 6.45) is 5.07. The van der Waals surface area contributed by atoms with Crippen molar-refractivity contribution in [1.82, 2.24) is 134 Å². The lowest BCUT2D eigenvalue weighted by molar-refractivity contribution is 0.389. The summed E-state index contributed by atoms with van der Waals surface area (Å²) in [5, 5.41) is 54.5. The fourth-order valence-corrected chi connectivity index (χ4v) is 6.19. The van der Waals surface area contributed by atoms with Gasteiger partial charge in [-0.15, -0.1) is 31.7 Å². The van der Waals surface area contributed by atoms with E-state index in [0.717, 1.165) is 72.3 Å². The minimum Gasteiger partial charge on any atom is -0.426 e. The zero-order chi connectivity index (χ0) is 68.0. The van der Waals surface area contributed by atoms with Gasteiger partial charge in [0.25, 0.3) is 0 Å². The normalized spacial score (nSPS) is 8.59. The lowest BCUT2D eigenvalue weighted by Gasteiger charge is -1.77. The van der Waals surface area contributed by atoms with Gasteiger partial charge in [-0.25, -0.2) is 29.9 Å². The smallest absolute Gasteiger partial charge is 0.223 e. The molecule has 0 fully saturated rings. The first-order valence-electron chi connectivity index (χ1n) is 28.0. The molecule has 0 spiro atoms. The van der Waals surface area contributed by atoms with Crippen LogP contribution in [0, 0.1) is 132 Å². The molecule has 11 aromatic rings. The SMILES string of the molecule is C.CC.CC.CC.CC.CC.Cc1cnn(C)n1.Cc1n[nH]c(C)n1.Cc1n[nH]c(C)n1.Cc1ncn(C)n1.Cc1ncn(C)n1.Cc1nnc(C)o1.Cc1nnc(C)s1.Cc1noc(C)n1.Cc1noc(C)n1.Cc1nsc(C)n1.Cc1nsc(C)n1. The van der Waals surface area contributed by atoms with Gasteiger partial charge in [-0.2, -0.15) is 54.1 Å². The topological polar surface area (TPSA) is 369 Å². The maximum absolute atomic E-state index is 4.86. The van der Waals surface area contributed by atoms with Gasteiger partial charge in [0.05, 0.1) is 11.9 Å². The van der Waals surface area contributed by atoms with Crippen molar-refractivity contribution >= 4 is 34.4 Å². The summed E-state index contributed by atoms with van der Waals surface area (Å²) in [6, 6.07) is 0. The van der Waals surface area contributed by atoms with Crippen LogP contribution in [0.2, 0.25) is 0 Å². The molecule has 88 heavy (non-hydrogen) atoms. The largest absolute Gasteiger partial charge is 0.426 e. The molecule has 0 atom stereocenters. The van der Waals surface area contributed by atoms with Crippen molar-refractivity contribution in [1.29, 1.82) is 0 Å². The van der Waals surface area contributed by atoms with Gasteiger partial charge in [-0.1, -0.05) is 87.0 Å². The van der Waals surface area contributed by atoms with Gasteiger partial charge in [-0.05, 0) is 127 Å². The molecule has 0 amide bonds. The van der Waals surface area contributed by atoms with Crippen LogP contribution < -0.4 is 0 Å². The summed E-state index contributed by atoms with van der Waals surface area (Å²) in [4.78, 5) is 32.9. The van der Waals surface area contributed by atoms with Gasteiger partial charge in [0.1, 0.15) is 79.3 Å². The van der Waals surface area contributed by atoms with Crippen LogP contribution >= 0.6 is 34.4 Å². The molecular formula is C55H105N27O3S3. The molecule has 11 rings (SSSR count). The minimum atomic E-state index is 0. The number of nitrogens with one attached hydrogen (secondary N) is 2. The molecule has 0 bridgehead atoms. The van der Waals surface area contributed by atoms with Gasteiger partial charge >= 0.3 is 0 Å². The molecule has 0 aliphatic carbocycles. The highest BCUT2D eigenvalue weighted by molar-refractivity contribution is 7.11. The molecule has 0 radical (unpaired) electrons. The average molecular weight is 1290 g/mol. The predicted molar refractivity (Wildman–Crippen MR) is 352 cm³/mol. The van der Waals surface area contributed by atoms with Crippen molar-refractivity contribution in [2.24, 2.45) is 21.1 Å². The third-order valence-electron chi connectivity index (χ3n) is 7.33. The highest BCUT2D eigenvalue weighted by Gasteiger charge is 1.94. The molecule has 33 heteroatoms. The fraction of sp³-hybridized carbons (Fsp3) is 0.600. The third-order valence-corrected chi connectivity index (χ3v) is 9.51. The Morgan fingerprint density at radius 1 is 0.386 bits per heavy atom. The summed E-state index contributed by atoms with van der Waals surface area (Å²) in [7, 11) is 5.49. The van der Waals surface area contributed by atoms with Crippen LogP contribution in [0.25, 0.3) is 0 Å².